The number of anilines is 1. The van der Waals surface area contributed by atoms with Gasteiger partial charge in [-0.3, -0.25) is 14.9 Å². The van der Waals surface area contributed by atoms with Gasteiger partial charge < -0.3 is 14.6 Å². The fourth-order valence-corrected chi connectivity index (χ4v) is 3.89. The van der Waals surface area contributed by atoms with Crippen molar-refractivity contribution in [2.45, 2.75) is 24.5 Å². The number of aryl methyl sites for hydroxylation is 2. The van der Waals surface area contributed by atoms with Gasteiger partial charge in [0.05, 0.1) is 16.2 Å². The van der Waals surface area contributed by atoms with Crippen molar-refractivity contribution in [1.82, 2.24) is 5.16 Å². The number of thioether (sulfide) groups is 1. The summed E-state index contributed by atoms with van der Waals surface area (Å²) in [6.45, 7) is 3.20. The van der Waals surface area contributed by atoms with Gasteiger partial charge in [0.25, 0.3) is 11.6 Å². The molecule has 0 aliphatic heterocycles. The summed E-state index contributed by atoms with van der Waals surface area (Å²) >= 11 is 1.45. The van der Waals surface area contributed by atoms with Crippen LogP contribution in [0.15, 0.2) is 57.9 Å². The normalized spacial score (nSPS) is 10.5. The van der Waals surface area contributed by atoms with E-state index in [1.54, 1.807) is 18.2 Å². The Labute approximate surface area is 181 Å². The van der Waals surface area contributed by atoms with E-state index in [9.17, 15) is 19.7 Å². The minimum atomic E-state index is -0.624. The molecule has 31 heavy (non-hydrogen) atoms. The van der Waals surface area contributed by atoms with E-state index in [1.807, 2.05) is 19.9 Å². The fraction of sp³-hybridized carbons (Fsp3) is 0.190. The van der Waals surface area contributed by atoms with Crippen LogP contribution in [0.4, 0.5) is 11.4 Å². The van der Waals surface area contributed by atoms with Crippen molar-refractivity contribution in [3.63, 3.8) is 0 Å². The van der Waals surface area contributed by atoms with Crippen molar-refractivity contribution in [1.29, 1.82) is 0 Å². The third-order valence-electron chi connectivity index (χ3n) is 4.36. The summed E-state index contributed by atoms with van der Waals surface area (Å²) in [4.78, 5) is 35.4. The molecule has 0 bridgehead atoms. The molecular weight excluding hydrogens is 422 g/mol. The molecule has 160 valence electrons. The molecule has 0 atom stereocenters. The smallest absolute Gasteiger partial charge is 0.339 e. The number of hydrogen-bond donors (Lipinski definition) is 1. The Morgan fingerprint density at radius 3 is 2.52 bits per heavy atom. The predicted octanol–water partition coefficient (Wildman–Crippen LogP) is 4.29. The number of nitro groups is 1. The molecule has 10 heteroatoms. The average molecular weight is 441 g/mol. The Balaban J connectivity index is 1.57. The van der Waals surface area contributed by atoms with Crippen LogP contribution >= 0.6 is 11.8 Å². The third-order valence-corrected chi connectivity index (χ3v) is 5.46. The zero-order chi connectivity index (χ0) is 22.4. The highest BCUT2D eigenvalue weighted by molar-refractivity contribution is 7.98. The second kappa shape index (κ2) is 9.90. The van der Waals surface area contributed by atoms with Crippen LogP contribution in [0.5, 0.6) is 0 Å². The summed E-state index contributed by atoms with van der Waals surface area (Å²) in [5, 5.41) is 17.1. The van der Waals surface area contributed by atoms with Crippen LogP contribution < -0.4 is 5.32 Å². The van der Waals surface area contributed by atoms with Crippen molar-refractivity contribution in [2.75, 3.05) is 11.9 Å². The number of carbonyl (C=O) groups excluding carboxylic acids is 2. The van der Waals surface area contributed by atoms with Gasteiger partial charge in [0.15, 0.2) is 6.61 Å². The monoisotopic (exact) mass is 441 g/mol. The van der Waals surface area contributed by atoms with Gasteiger partial charge in [-0.25, -0.2) is 4.79 Å². The minimum absolute atomic E-state index is 0.0878. The molecule has 0 unspecified atom stereocenters. The zero-order valence-electron chi connectivity index (χ0n) is 16.8. The summed E-state index contributed by atoms with van der Waals surface area (Å²) in [6.07, 6.45) is 0. The molecule has 1 N–H and O–H groups in total. The van der Waals surface area contributed by atoms with E-state index >= 15 is 0 Å². The number of amides is 1. The molecule has 0 saturated heterocycles. The number of rotatable bonds is 8. The molecule has 0 spiro atoms. The van der Waals surface area contributed by atoms with Gasteiger partial charge in [0.2, 0.25) is 0 Å². The molecule has 9 nitrogen and oxygen atoms in total. The molecule has 1 aromatic heterocycles. The van der Waals surface area contributed by atoms with Crippen molar-refractivity contribution in [3.05, 3.63) is 81.2 Å². The highest BCUT2D eigenvalue weighted by Gasteiger charge is 2.17. The molecule has 1 amide bonds. The Kier molecular flexibility index (Phi) is 7.03. The number of nitrogens with zero attached hydrogens (tertiary/aromatic N) is 2. The molecule has 3 aromatic rings. The number of nitrogens with one attached hydrogen (secondary N) is 1. The van der Waals surface area contributed by atoms with Gasteiger partial charge >= 0.3 is 5.97 Å². The number of benzene rings is 2. The Hall–Kier alpha value is -3.66. The first-order chi connectivity index (χ1) is 14.8. The summed E-state index contributed by atoms with van der Waals surface area (Å²) in [5.41, 5.74) is 2.39. The standard InChI is InChI=1S/C21H19N3O6S/c1-13-18(14(2)30-23-13)12-31-19-6-4-3-5-17(19)21(26)29-11-20(25)22-15-7-9-16(10-8-15)24(27)28/h3-10H,11-12H2,1-2H3,(H,22,25). The second-order valence-corrected chi connectivity index (χ2v) is 7.53. The highest BCUT2D eigenvalue weighted by atomic mass is 32.2. The van der Waals surface area contributed by atoms with Gasteiger partial charge in [0.1, 0.15) is 5.76 Å². The van der Waals surface area contributed by atoms with Gasteiger partial charge in [-0.2, -0.15) is 0 Å². The number of ether oxygens (including phenoxy) is 1. The van der Waals surface area contributed by atoms with Crippen LogP contribution in [-0.2, 0) is 15.3 Å². The van der Waals surface area contributed by atoms with Gasteiger partial charge in [-0.15, -0.1) is 11.8 Å². The van der Waals surface area contributed by atoms with Gasteiger partial charge in [0, 0.05) is 34.0 Å². The number of carbonyl (C=O) groups is 2. The lowest BCUT2D eigenvalue weighted by atomic mass is 10.2. The molecule has 0 aliphatic rings. The molecule has 2 aromatic carbocycles. The highest BCUT2D eigenvalue weighted by Crippen LogP contribution is 2.29. The second-order valence-electron chi connectivity index (χ2n) is 6.52. The van der Waals surface area contributed by atoms with E-state index in [1.165, 1.54) is 36.0 Å². The van der Waals surface area contributed by atoms with E-state index in [0.717, 1.165) is 17.0 Å². The lowest BCUT2D eigenvalue weighted by Gasteiger charge is -2.10. The topological polar surface area (TPSA) is 125 Å². The van der Waals surface area contributed by atoms with E-state index in [2.05, 4.69) is 10.5 Å². The third kappa shape index (κ3) is 5.70. The average Bonchev–Trinajstić information content (AvgIpc) is 3.08. The number of hydrogen-bond acceptors (Lipinski definition) is 8. The van der Waals surface area contributed by atoms with Crippen molar-refractivity contribution in [2.24, 2.45) is 0 Å². The Bertz CT molecular complexity index is 1090. The number of aromatic nitrogens is 1. The van der Waals surface area contributed by atoms with Crippen LogP contribution in [0.3, 0.4) is 0 Å². The fourth-order valence-electron chi connectivity index (χ4n) is 2.69. The first-order valence-corrected chi connectivity index (χ1v) is 10.2. The first-order valence-electron chi connectivity index (χ1n) is 9.20. The zero-order valence-corrected chi connectivity index (χ0v) is 17.6. The summed E-state index contributed by atoms with van der Waals surface area (Å²) < 4.78 is 10.3. The summed E-state index contributed by atoms with van der Waals surface area (Å²) in [6, 6.07) is 12.3. The van der Waals surface area contributed by atoms with E-state index in [4.69, 9.17) is 9.26 Å². The van der Waals surface area contributed by atoms with Crippen LogP contribution in [0, 0.1) is 24.0 Å². The van der Waals surface area contributed by atoms with E-state index in [-0.39, 0.29) is 5.69 Å². The lowest BCUT2D eigenvalue weighted by molar-refractivity contribution is -0.384. The maximum Gasteiger partial charge on any atom is 0.339 e. The largest absolute Gasteiger partial charge is 0.452 e. The number of esters is 1. The van der Waals surface area contributed by atoms with Gasteiger partial charge in [-0.05, 0) is 38.1 Å². The number of non-ortho nitro benzene ring substituents is 1. The van der Waals surface area contributed by atoms with Crippen molar-refractivity contribution in [3.8, 4) is 0 Å². The summed E-state index contributed by atoms with van der Waals surface area (Å²) in [7, 11) is 0. The van der Waals surface area contributed by atoms with Crippen LogP contribution in [0.25, 0.3) is 0 Å². The maximum atomic E-state index is 12.5. The van der Waals surface area contributed by atoms with Crippen LogP contribution in [-0.4, -0.2) is 28.6 Å². The molecule has 0 saturated carbocycles. The quantitative estimate of drug-likeness (QED) is 0.238. The van der Waals surface area contributed by atoms with Crippen molar-refractivity contribution >= 4 is 35.0 Å². The first kappa shape index (κ1) is 22.0. The molecule has 0 radical (unpaired) electrons. The predicted molar refractivity (Wildman–Crippen MR) is 114 cm³/mol. The van der Waals surface area contributed by atoms with Crippen molar-refractivity contribution < 1.29 is 23.8 Å². The molecular formula is C21H19N3O6S. The maximum absolute atomic E-state index is 12.5. The van der Waals surface area contributed by atoms with Crippen LogP contribution in [0.2, 0.25) is 0 Å². The Morgan fingerprint density at radius 1 is 1.16 bits per heavy atom. The minimum Gasteiger partial charge on any atom is -0.452 e. The molecule has 3 rings (SSSR count). The van der Waals surface area contributed by atoms with E-state index < -0.39 is 23.4 Å². The summed E-state index contributed by atoms with van der Waals surface area (Å²) in [5.74, 6) is 0.128. The van der Waals surface area contributed by atoms with Crippen LogP contribution in [0.1, 0.15) is 27.4 Å². The lowest BCUT2D eigenvalue weighted by Crippen LogP contribution is -2.21. The van der Waals surface area contributed by atoms with E-state index in [0.29, 0.717) is 21.9 Å². The molecule has 1 heterocycles. The molecule has 0 fully saturated rings. The Morgan fingerprint density at radius 2 is 1.87 bits per heavy atom. The number of nitro benzene ring substituents is 1. The SMILES string of the molecule is Cc1noc(C)c1CSc1ccccc1C(=O)OCC(=O)Nc1ccc([N+](=O)[O-])cc1. The molecule has 0 aliphatic carbocycles. The van der Waals surface area contributed by atoms with Gasteiger partial charge in [-0.1, -0.05) is 17.3 Å².